The van der Waals surface area contributed by atoms with Crippen LogP contribution in [0.4, 0.5) is 0 Å². The minimum Gasteiger partial charge on any atom is -0.352 e. The van der Waals surface area contributed by atoms with E-state index in [1.54, 1.807) is 14.0 Å². The van der Waals surface area contributed by atoms with Crippen molar-refractivity contribution in [2.75, 3.05) is 7.05 Å². The lowest BCUT2D eigenvalue weighted by molar-refractivity contribution is -0.122. The normalized spacial score (nSPS) is 13.9. The second-order valence-electron chi connectivity index (χ2n) is 3.50. The molecule has 0 spiro atoms. The molecular weight excluding hydrogens is 206 g/mol. The third-order valence-corrected chi connectivity index (χ3v) is 1.64. The molecule has 1 atom stereocenters. The smallest absolute Gasteiger partial charge is 0.242 e. The fourth-order valence-corrected chi connectivity index (χ4v) is 0.924. The van der Waals surface area contributed by atoms with E-state index in [9.17, 15) is 4.79 Å². The Morgan fingerprint density at radius 3 is 2.38 bits per heavy atom. The minimum absolute atomic E-state index is 0.0992. The van der Waals surface area contributed by atoms with Crippen LogP contribution in [0.3, 0.4) is 0 Å². The summed E-state index contributed by atoms with van der Waals surface area (Å²) in [5.41, 5.74) is 0. The largest absolute Gasteiger partial charge is 0.352 e. The van der Waals surface area contributed by atoms with Crippen LogP contribution in [-0.2, 0) is 4.79 Å². The maximum Gasteiger partial charge on any atom is 0.242 e. The summed E-state index contributed by atoms with van der Waals surface area (Å²) >= 11 is 0. The molecule has 6 nitrogen and oxygen atoms in total. The van der Waals surface area contributed by atoms with Crippen LogP contribution in [0.1, 0.15) is 20.8 Å². The van der Waals surface area contributed by atoms with E-state index in [2.05, 4.69) is 32.3 Å². The lowest BCUT2D eigenvalue weighted by Gasteiger charge is -2.15. The lowest BCUT2D eigenvalue weighted by atomic mass is 10.3. The molecule has 0 aliphatic rings. The van der Waals surface area contributed by atoms with Gasteiger partial charge in [-0.05, 0) is 27.5 Å². The highest BCUT2D eigenvalue weighted by Crippen LogP contribution is 1.87. The summed E-state index contributed by atoms with van der Waals surface area (Å²) in [7, 11) is 1.58. The van der Waals surface area contributed by atoms with Crippen LogP contribution >= 0.6 is 0 Å². The molecule has 0 saturated heterocycles. The van der Waals surface area contributed by atoms with E-state index >= 15 is 0 Å². The predicted molar refractivity (Wildman–Crippen MR) is 67.3 cm³/mol. The summed E-state index contributed by atoms with van der Waals surface area (Å²) in [6, 6.07) is -0.292. The first-order chi connectivity index (χ1) is 7.51. The monoisotopic (exact) mass is 225 g/mol. The molecular formula is C10H19N5O. The Labute approximate surface area is 96.0 Å². The van der Waals surface area contributed by atoms with Gasteiger partial charge in [-0.2, -0.15) is 0 Å². The summed E-state index contributed by atoms with van der Waals surface area (Å²) in [5.74, 6) is 0.247. The number of carbonyl (C=O) groups is 1. The first kappa shape index (κ1) is 14.3. The van der Waals surface area contributed by atoms with Crippen molar-refractivity contribution in [3.63, 3.8) is 0 Å². The van der Waals surface area contributed by atoms with Crippen molar-refractivity contribution in [2.24, 2.45) is 15.0 Å². The van der Waals surface area contributed by atoms with Crippen molar-refractivity contribution in [3.05, 3.63) is 0 Å². The summed E-state index contributed by atoms with van der Waals surface area (Å²) in [4.78, 5) is 22.8. The van der Waals surface area contributed by atoms with Gasteiger partial charge in [0.2, 0.25) is 11.9 Å². The van der Waals surface area contributed by atoms with Crippen molar-refractivity contribution in [3.8, 4) is 0 Å². The molecule has 2 N–H and O–H groups in total. The zero-order chi connectivity index (χ0) is 12.6. The van der Waals surface area contributed by atoms with Crippen LogP contribution in [0.15, 0.2) is 15.0 Å². The van der Waals surface area contributed by atoms with Crippen LogP contribution < -0.4 is 10.6 Å². The summed E-state index contributed by atoms with van der Waals surface area (Å²) in [6.45, 7) is 8.80. The van der Waals surface area contributed by atoms with Crippen LogP contribution in [0.25, 0.3) is 0 Å². The van der Waals surface area contributed by atoms with E-state index in [-0.39, 0.29) is 11.9 Å². The van der Waals surface area contributed by atoms with Crippen molar-refractivity contribution in [1.29, 1.82) is 0 Å². The van der Waals surface area contributed by atoms with Crippen LogP contribution in [0.2, 0.25) is 0 Å². The van der Waals surface area contributed by atoms with E-state index in [1.807, 2.05) is 13.8 Å². The highest BCUT2D eigenvalue weighted by atomic mass is 16.2. The number of carbonyl (C=O) groups excluding carboxylic acids is 1. The van der Waals surface area contributed by atoms with Gasteiger partial charge in [0.15, 0.2) is 0 Å². The predicted octanol–water partition coefficient (Wildman–Crippen LogP) is 0.204. The molecule has 1 amide bonds. The number of amides is 1. The van der Waals surface area contributed by atoms with E-state index in [0.717, 1.165) is 0 Å². The zero-order valence-electron chi connectivity index (χ0n) is 10.2. The van der Waals surface area contributed by atoms with Gasteiger partial charge in [-0.25, -0.2) is 4.99 Å². The van der Waals surface area contributed by atoms with Crippen LogP contribution in [-0.4, -0.2) is 44.1 Å². The van der Waals surface area contributed by atoms with Gasteiger partial charge >= 0.3 is 0 Å². The molecule has 0 aliphatic carbocycles. The van der Waals surface area contributed by atoms with Gasteiger partial charge in [0.05, 0.1) is 0 Å². The van der Waals surface area contributed by atoms with Crippen LogP contribution in [0.5, 0.6) is 0 Å². The molecule has 0 bridgehead atoms. The van der Waals surface area contributed by atoms with Gasteiger partial charge in [-0.15, -0.1) is 0 Å². The van der Waals surface area contributed by atoms with Gasteiger partial charge in [0.1, 0.15) is 12.4 Å². The molecule has 0 aromatic rings. The Kier molecular flexibility index (Phi) is 6.74. The van der Waals surface area contributed by atoms with E-state index in [1.165, 1.54) is 6.34 Å². The Bertz CT molecular complexity index is 296. The number of aliphatic imine (C=N–C) groups is 3. The molecule has 0 aromatic carbocycles. The number of rotatable bonds is 4. The number of hydrogen-bond donors (Lipinski definition) is 2. The Balaban J connectivity index is 4.30. The summed E-state index contributed by atoms with van der Waals surface area (Å²) in [6.07, 6.45) is 1.27. The maximum atomic E-state index is 11.6. The van der Waals surface area contributed by atoms with Gasteiger partial charge in [-0.1, -0.05) is 0 Å². The second-order valence-corrected chi connectivity index (χ2v) is 3.50. The number of guanidine groups is 1. The first-order valence-electron chi connectivity index (χ1n) is 5.03. The molecule has 1 unspecified atom stereocenters. The Morgan fingerprint density at radius 1 is 1.31 bits per heavy atom. The molecule has 6 heteroatoms. The molecule has 0 heterocycles. The third-order valence-electron chi connectivity index (χ3n) is 1.64. The van der Waals surface area contributed by atoms with Gasteiger partial charge < -0.3 is 10.6 Å². The number of nitrogens with zero attached hydrogens (tertiary/aromatic N) is 3. The SMILES string of the molecule is C=N/C=N\C(=NC)NC(C)C(=O)NC(C)C. The average molecular weight is 225 g/mol. The Morgan fingerprint density at radius 2 is 1.94 bits per heavy atom. The van der Waals surface area contributed by atoms with Crippen molar-refractivity contribution in [1.82, 2.24) is 10.6 Å². The van der Waals surface area contributed by atoms with E-state index in [0.29, 0.717) is 5.96 Å². The number of nitrogens with one attached hydrogen (secondary N) is 2. The fraction of sp³-hybridized carbons (Fsp3) is 0.600. The van der Waals surface area contributed by atoms with Crippen molar-refractivity contribution < 1.29 is 4.79 Å². The van der Waals surface area contributed by atoms with Crippen LogP contribution in [0, 0.1) is 0 Å². The summed E-state index contributed by atoms with van der Waals surface area (Å²) in [5, 5.41) is 5.64. The second kappa shape index (κ2) is 7.56. The fourth-order valence-electron chi connectivity index (χ4n) is 0.924. The quantitative estimate of drug-likeness (QED) is 0.529. The topological polar surface area (TPSA) is 78.2 Å². The van der Waals surface area contributed by atoms with Crippen molar-refractivity contribution >= 4 is 24.9 Å². The maximum absolute atomic E-state index is 11.6. The first-order valence-corrected chi connectivity index (χ1v) is 5.03. The molecule has 0 rings (SSSR count). The zero-order valence-corrected chi connectivity index (χ0v) is 10.2. The van der Waals surface area contributed by atoms with E-state index < -0.39 is 6.04 Å². The highest BCUT2D eigenvalue weighted by Gasteiger charge is 2.14. The lowest BCUT2D eigenvalue weighted by Crippen LogP contribution is -2.46. The van der Waals surface area contributed by atoms with Gasteiger partial charge in [0.25, 0.3) is 0 Å². The van der Waals surface area contributed by atoms with E-state index in [4.69, 9.17) is 0 Å². The molecule has 90 valence electrons. The summed E-state index contributed by atoms with van der Waals surface area (Å²) < 4.78 is 0. The van der Waals surface area contributed by atoms with Gasteiger partial charge in [0, 0.05) is 13.1 Å². The minimum atomic E-state index is -0.400. The Hall–Kier alpha value is -1.72. The molecule has 0 aromatic heterocycles. The number of hydrogen-bond acceptors (Lipinski definition) is 2. The third kappa shape index (κ3) is 5.90. The molecule has 0 aliphatic heterocycles. The highest BCUT2D eigenvalue weighted by molar-refractivity contribution is 5.92. The van der Waals surface area contributed by atoms with Gasteiger partial charge in [-0.3, -0.25) is 14.8 Å². The standard InChI is InChI=1S/C10H19N5O/c1-7(2)14-9(16)8(3)15-10(12-5)13-6-11-4/h6-8H,4H2,1-3,5H3,(H,12,15)(H,14,16)/b13-6-. The average Bonchev–Trinajstić information content (AvgIpc) is 2.22. The molecule has 16 heavy (non-hydrogen) atoms. The molecule has 0 fully saturated rings. The molecule has 0 saturated carbocycles. The molecule has 0 radical (unpaired) electrons. The van der Waals surface area contributed by atoms with Crippen molar-refractivity contribution in [2.45, 2.75) is 32.9 Å².